The standard InChI is InChI=1S/C16H27N3O/c1-3-19-15(11-13-12-18-10-7-14(13)17)16(20-4-2)8-5-6-9-16/h7,10,12,15,19H,3-6,8-9,11H2,1-2H3,(H2,17,18). The maximum Gasteiger partial charge on any atom is 0.0837 e. The van der Waals surface area contributed by atoms with Crippen LogP contribution in [0.4, 0.5) is 5.69 Å². The second-order valence-corrected chi connectivity index (χ2v) is 5.59. The summed E-state index contributed by atoms with van der Waals surface area (Å²) in [6.45, 7) is 5.94. The molecule has 0 radical (unpaired) electrons. The summed E-state index contributed by atoms with van der Waals surface area (Å²) >= 11 is 0. The molecule has 4 heteroatoms. The summed E-state index contributed by atoms with van der Waals surface area (Å²) in [6, 6.07) is 2.18. The number of aromatic nitrogens is 1. The molecule has 0 spiro atoms. The fourth-order valence-electron chi connectivity index (χ4n) is 3.37. The molecule has 1 aliphatic rings. The second-order valence-electron chi connectivity index (χ2n) is 5.59. The number of likely N-dealkylation sites (N-methyl/N-ethyl adjacent to an activating group) is 1. The van der Waals surface area contributed by atoms with E-state index < -0.39 is 0 Å². The second kappa shape index (κ2) is 7.04. The topological polar surface area (TPSA) is 60.2 Å². The number of anilines is 1. The zero-order valence-corrected chi connectivity index (χ0v) is 12.7. The number of nitrogen functional groups attached to an aromatic ring is 1. The lowest BCUT2D eigenvalue weighted by atomic mass is 9.87. The summed E-state index contributed by atoms with van der Waals surface area (Å²) in [5.74, 6) is 0. The number of nitrogens with one attached hydrogen (secondary N) is 1. The Bertz CT molecular complexity index is 416. The molecule has 1 aromatic heterocycles. The van der Waals surface area contributed by atoms with Gasteiger partial charge in [-0.3, -0.25) is 4.98 Å². The van der Waals surface area contributed by atoms with Crippen LogP contribution in [0.15, 0.2) is 18.5 Å². The number of ether oxygens (including phenoxy) is 1. The third-order valence-electron chi connectivity index (χ3n) is 4.33. The molecule has 2 rings (SSSR count). The molecule has 112 valence electrons. The Kier molecular flexibility index (Phi) is 5.38. The van der Waals surface area contributed by atoms with E-state index in [0.29, 0.717) is 6.04 Å². The number of hydrogen-bond donors (Lipinski definition) is 2. The predicted molar refractivity (Wildman–Crippen MR) is 82.6 cm³/mol. The molecular weight excluding hydrogens is 250 g/mol. The van der Waals surface area contributed by atoms with Crippen molar-refractivity contribution >= 4 is 5.69 Å². The highest BCUT2D eigenvalue weighted by atomic mass is 16.5. The largest absolute Gasteiger partial charge is 0.398 e. The van der Waals surface area contributed by atoms with Gasteiger partial charge in [0.15, 0.2) is 0 Å². The van der Waals surface area contributed by atoms with Crippen molar-refractivity contribution in [1.29, 1.82) is 0 Å². The van der Waals surface area contributed by atoms with Crippen molar-refractivity contribution in [1.82, 2.24) is 10.3 Å². The molecule has 3 N–H and O–H groups in total. The minimum Gasteiger partial charge on any atom is -0.398 e. The molecule has 1 fully saturated rings. The summed E-state index contributed by atoms with van der Waals surface area (Å²) in [5, 5.41) is 3.62. The lowest BCUT2D eigenvalue weighted by Crippen LogP contribution is -2.52. The van der Waals surface area contributed by atoms with Crippen LogP contribution in [0, 0.1) is 0 Å². The Morgan fingerprint density at radius 1 is 1.40 bits per heavy atom. The molecule has 1 aliphatic carbocycles. The first-order valence-corrected chi connectivity index (χ1v) is 7.77. The van der Waals surface area contributed by atoms with Crippen molar-refractivity contribution in [2.75, 3.05) is 18.9 Å². The molecule has 1 atom stereocenters. The molecule has 0 aromatic carbocycles. The predicted octanol–water partition coefficient (Wildman–Crippen LogP) is 2.53. The Labute approximate surface area is 122 Å². The first-order chi connectivity index (χ1) is 9.72. The lowest BCUT2D eigenvalue weighted by Gasteiger charge is -2.38. The number of pyridine rings is 1. The molecule has 1 heterocycles. The van der Waals surface area contributed by atoms with Gasteiger partial charge in [-0.05, 0) is 44.4 Å². The highest BCUT2D eigenvalue weighted by Gasteiger charge is 2.41. The molecule has 0 bridgehead atoms. The zero-order chi connectivity index (χ0) is 14.4. The summed E-state index contributed by atoms with van der Waals surface area (Å²) in [4.78, 5) is 4.21. The van der Waals surface area contributed by atoms with Gasteiger partial charge >= 0.3 is 0 Å². The van der Waals surface area contributed by atoms with E-state index in [1.807, 2.05) is 12.3 Å². The fraction of sp³-hybridized carbons (Fsp3) is 0.688. The minimum atomic E-state index is -0.0347. The molecule has 1 saturated carbocycles. The molecule has 0 amide bonds. The van der Waals surface area contributed by atoms with Crippen LogP contribution in [0.3, 0.4) is 0 Å². The first kappa shape index (κ1) is 15.3. The van der Waals surface area contributed by atoms with Gasteiger partial charge in [0.1, 0.15) is 0 Å². The number of nitrogens with two attached hydrogens (primary N) is 1. The first-order valence-electron chi connectivity index (χ1n) is 7.77. The summed E-state index contributed by atoms with van der Waals surface area (Å²) in [5.41, 5.74) is 7.98. The third kappa shape index (κ3) is 3.30. The van der Waals surface area contributed by atoms with E-state index in [1.54, 1.807) is 6.20 Å². The van der Waals surface area contributed by atoms with E-state index in [4.69, 9.17) is 10.5 Å². The van der Waals surface area contributed by atoms with Crippen LogP contribution in [-0.2, 0) is 11.2 Å². The van der Waals surface area contributed by atoms with Gasteiger partial charge < -0.3 is 15.8 Å². The highest BCUT2D eigenvalue weighted by Crippen LogP contribution is 2.37. The van der Waals surface area contributed by atoms with Gasteiger partial charge in [0.25, 0.3) is 0 Å². The fourth-order valence-corrected chi connectivity index (χ4v) is 3.37. The van der Waals surface area contributed by atoms with Gasteiger partial charge in [-0.1, -0.05) is 19.8 Å². The highest BCUT2D eigenvalue weighted by molar-refractivity contribution is 5.44. The van der Waals surface area contributed by atoms with E-state index in [1.165, 1.54) is 12.8 Å². The van der Waals surface area contributed by atoms with Gasteiger partial charge in [0.05, 0.1) is 5.60 Å². The van der Waals surface area contributed by atoms with E-state index in [-0.39, 0.29) is 5.60 Å². The van der Waals surface area contributed by atoms with Crippen LogP contribution >= 0.6 is 0 Å². The number of hydrogen-bond acceptors (Lipinski definition) is 4. The van der Waals surface area contributed by atoms with Gasteiger partial charge in [0.2, 0.25) is 0 Å². The van der Waals surface area contributed by atoms with Crippen LogP contribution in [0.25, 0.3) is 0 Å². The lowest BCUT2D eigenvalue weighted by molar-refractivity contribution is -0.0609. The quantitative estimate of drug-likeness (QED) is 0.804. The van der Waals surface area contributed by atoms with Gasteiger partial charge in [-0.2, -0.15) is 0 Å². The average Bonchev–Trinajstić information content (AvgIpc) is 2.91. The van der Waals surface area contributed by atoms with Gasteiger partial charge in [-0.15, -0.1) is 0 Å². The van der Waals surface area contributed by atoms with Crippen molar-refractivity contribution in [3.8, 4) is 0 Å². The van der Waals surface area contributed by atoms with Crippen LogP contribution in [0.2, 0.25) is 0 Å². The monoisotopic (exact) mass is 277 g/mol. The van der Waals surface area contributed by atoms with Gasteiger partial charge in [-0.25, -0.2) is 0 Å². The normalized spacial score (nSPS) is 19.1. The van der Waals surface area contributed by atoms with Crippen LogP contribution in [0.1, 0.15) is 45.1 Å². The molecule has 1 aromatic rings. The van der Waals surface area contributed by atoms with Crippen LogP contribution in [-0.4, -0.2) is 29.8 Å². The van der Waals surface area contributed by atoms with Crippen LogP contribution < -0.4 is 11.1 Å². The summed E-state index contributed by atoms with van der Waals surface area (Å²) in [7, 11) is 0. The van der Waals surface area contributed by atoms with Crippen molar-refractivity contribution in [3.63, 3.8) is 0 Å². The van der Waals surface area contributed by atoms with Crippen LogP contribution in [0.5, 0.6) is 0 Å². The summed E-state index contributed by atoms with van der Waals surface area (Å²) < 4.78 is 6.19. The molecule has 4 nitrogen and oxygen atoms in total. The van der Waals surface area contributed by atoms with Crippen molar-refractivity contribution in [3.05, 3.63) is 24.0 Å². The van der Waals surface area contributed by atoms with Crippen molar-refractivity contribution in [2.24, 2.45) is 0 Å². The van der Waals surface area contributed by atoms with E-state index in [9.17, 15) is 0 Å². The van der Waals surface area contributed by atoms with Crippen molar-refractivity contribution in [2.45, 2.75) is 57.6 Å². The minimum absolute atomic E-state index is 0.0347. The Morgan fingerprint density at radius 3 is 2.75 bits per heavy atom. The van der Waals surface area contributed by atoms with Gasteiger partial charge in [0, 0.05) is 30.7 Å². The van der Waals surface area contributed by atoms with E-state index in [0.717, 1.165) is 43.7 Å². The molecule has 0 aliphatic heterocycles. The Balaban J connectivity index is 2.19. The Morgan fingerprint density at radius 2 is 2.15 bits per heavy atom. The van der Waals surface area contributed by atoms with E-state index >= 15 is 0 Å². The van der Waals surface area contributed by atoms with E-state index in [2.05, 4.69) is 24.1 Å². The molecular formula is C16H27N3O. The Hall–Kier alpha value is -1.13. The number of rotatable bonds is 7. The maximum atomic E-state index is 6.19. The third-order valence-corrected chi connectivity index (χ3v) is 4.33. The molecule has 1 unspecified atom stereocenters. The smallest absolute Gasteiger partial charge is 0.0837 e. The molecule has 0 saturated heterocycles. The number of nitrogens with zero attached hydrogens (tertiary/aromatic N) is 1. The summed E-state index contributed by atoms with van der Waals surface area (Å²) in [6.07, 6.45) is 9.29. The molecule has 20 heavy (non-hydrogen) atoms. The maximum absolute atomic E-state index is 6.19. The SMILES string of the molecule is CCNC(Cc1cnccc1N)C1(OCC)CCCC1. The zero-order valence-electron chi connectivity index (χ0n) is 12.7. The van der Waals surface area contributed by atoms with Crippen molar-refractivity contribution < 1.29 is 4.74 Å². The average molecular weight is 277 g/mol.